The number of aryl methyl sites for hydroxylation is 2. The van der Waals surface area contributed by atoms with Gasteiger partial charge in [0.05, 0.1) is 0 Å². The average Bonchev–Trinajstić information content (AvgIpc) is 3.12. The summed E-state index contributed by atoms with van der Waals surface area (Å²) in [4.78, 5) is 0. The molecule has 4 aromatic rings. The molecule has 0 amide bonds. The summed E-state index contributed by atoms with van der Waals surface area (Å²) < 4.78 is 6.26. The van der Waals surface area contributed by atoms with Crippen molar-refractivity contribution < 1.29 is 4.74 Å². The topological polar surface area (TPSA) is 9.23 Å². The van der Waals surface area contributed by atoms with E-state index in [9.17, 15) is 0 Å². The third kappa shape index (κ3) is 3.21. The molecule has 0 unspecified atom stereocenters. The number of hydrogen-bond acceptors (Lipinski definition) is 1. The van der Waals surface area contributed by atoms with Crippen molar-refractivity contribution in [1.29, 1.82) is 0 Å². The first-order valence-electron chi connectivity index (χ1n) is 10.6. The van der Waals surface area contributed by atoms with Crippen LogP contribution in [0.3, 0.4) is 0 Å². The van der Waals surface area contributed by atoms with Crippen molar-refractivity contribution in [3.8, 4) is 28.0 Å². The highest BCUT2D eigenvalue weighted by Crippen LogP contribution is 2.38. The molecule has 0 N–H and O–H groups in total. The molecule has 0 saturated heterocycles. The molecule has 0 heterocycles. The van der Waals surface area contributed by atoms with Crippen LogP contribution in [0.5, 0.6) is 5.75 Å². The molecule has 0 fully saturated rings. The lowest BCUT2D eigenvalue weighted by atomic mass is 9.91. The highest BCUT2D eigenvalue weighted by atomic mass is 16.5. The number of benzene rings is 4. The van der Waals surface area contributed by atoms with Crippen molar-refractivity contribution in [2.45, 2.75) is 33.8 Å². The molecule has 1 heteroatoms. The van der Waals surface area contributed by atoms with Crippen LogP contribution < -0.4 is 4.74 Å². The zero-order valence-electron chi connectivity index (χ0n) is 17.8. The van der Waals surface area contributed by atoms with Crippen molar-refractivity contribution in [3.63, 3.8) is 0 Å². The van der Waals surface area contributed by atoms with E-state index >= 15 is 0 Å². The summed E-state index contributed by atoms with van der Waals surface area (Å²) in [6.45, 7) is 7.16. The van der Waals surface area contributed by atoms with E-state index in [1.54, 1.807) is 0 Å². The van der Waals surface area contributed by atoms with Crippen LogP contribution in [0.4, 0.5) is 0 Å². The molecular weight excluding hydrogens is 364 g/mol. The Morgan fingerprint density at radius 2 is 1.37 bits per heavy atom. The van der Waals surface area contributed by atoms with E-state index in [4.69, 9.17) is 4.74 Å². The molecule has 0 aromatic heterocycles. The van der Waals surface area contributed by atoms with Crippen molar-refractivity contribution in [1.82, 2.24) is 0 Å². The summed E-state index contributed by atoms with van der Waals surface area (Å²) in [6.07, 6.45) is 1.02. The van der Waals surface area contributed by atoms with Crippen LogP contribution >= 0.6 is 0 Å². The fourth-order valence-corrected chi connectivity index (χ4v) is 4.70. The first kappa shape index (κ1) is 18.7. The largest absolute Gasteiger partial charge is 0.489 e. The Morgan fingerprint density at radius 1 is 0.667 bits per heavy atom. The van der Waals surface area contributed by atoms with Crippen LogP contribution in [0.1, 0.15) is 33.4 Å². The highest BCUT2D eigenvalue weighted by Gasteiger charge is 2.18. The molecule has 1 aliphatic rings. The molecule has 0 aliphatic heterocycles. The van der Waals surface area contributed by atoms with E-state index in [-0.39, 0.29) is 0 Å². The Labute approximate surface area is 179 Å². The van der Waals surface area contributed by atoms with Gasteiger partial charge in [0.2, 0.25) is 0 Å². The van der Waals surface area contributed by atoms with Gasteiger partial charge in [-0.05, 0) is 95.0 Å². The lowest BCUT2D eigenvalue weighted by Gasteiger charge is -2.16. The molecule has 148 valence electrons. The van der Waals surface area contributed by atoms with E-state index < -0.39 is 0 Å². The number of fused-ring (bicyclic) bond motifs is 3. The van der Waals surface area contributed by atoms with Gasteiger partial charge in [0.25, 0.3) is 0 Å². The lowest BCUT2D eigenvalue weighted by molar-refractivity contribution is 0.305. The fraction of sp³-hybridized carbons (Fsp3) is 0.172. The minimum Gasteiger partial charge on any atom is -0.489 e. The van der Waals surface area contributed by atoms with Gasteiger partial charge in [-0.15, -0.1) is 0 Å². The first-order chi connectivity index (χ1) is 14.6. The molecule has 0 atom stereocenters. The van der Waals surface area contributed by atoms with Crippen molar-refractivity contribution in [2.75, 3.05) is 0 Å². The fourth-order valence-electron chi connectivity index (χ4n) is 4.70. The molecule has 1 nitrogen and oxygen atoms in total. The predicted molar refractivity (Wildman–Crippen MR) is 125 cm³/mol. The Morgan fingerprint density at radius 3 is 2.20 bits per heavy atom. The normalized spacial score (nSPS) is 11.8. The SMILES string of the molecule is Cc1cccc(C)c1-c1cccc(COc2ccc3c(c2)-c2ccccc2C3)c1C. The second kappa shape index (κ2) is 7.50. The monoisotopic (exact) mass is 390 g/mol. The minimum atomic E-state index is 0.574. The molecule has 0 bridgehead atoms. The maximum Gasteiger partial charge on any atom is 0.120 e. The van der Waals surface area contributed by atoms with E-state index in [0.29, 0.717) is 6.61 Å². The van der Waals surface area contributed by atoms with Crippen molar-refractivity contribution in [3.05, 3.63) is 112 Å². The number of rotatable bonds is 4. The minimum absolute atomic E-state index is 0.574. The van der Waals surface area contributed by atoms with Crippen LogP contribution in [-0.2, 0) is 13.0 Å². The van der Waals surface area contributed by atoms with E-state index in [1.165, 1.54) is 55.6 Å². The van der Waals surface area contributed by atoms with Gasteiger partial charge < -0.3 is 4.74 Å². The second-order valence-electron chi connectivity index (χ2n) is 8.30. The number of ether oxygens (including phenoxy) is 1. The standard InChI is InChI=1S/C29H26O/c1-19-8-6-9-20(2)29(19)26-13-7-11-24(21(26)3)18-30-25-15-14-23-16-22-10-4-5-12-27(22)28(23)17-25/h4-15,17H,16,18H2,1-3H3. The van der Waals surface area contributed by atoms with Gasteiger partial charge in [0, 0.05) is 0 Å². The van der Waals surface area contributed by atoms with Crippen LogP contribution in [-0.4, -0.2) is 0 Å². The summed E-state index contributed by atoms with van der Waals surface area (Å²) >= 11 is 0. The summed E-state index contributed by atoms with van der Waals surface area (Å²) in [7, 11) is 0. The van der Waals surface area contributed by atoms with Crippen LogP contribution in [0.2, 0.25) is 0 Å². The van der Waals surface area contributed by atoms with Crippen LogP contribution in [0, 0.1) is 20.8 Å². The van der Waals surface area contributed by atoms with Gasteiger partial charge in [-0.3, -0.25) is 0 Å². The van der Waals surface area contributed by atoms with E-state index in [0.717, 1.165) is 12.2 Å². The summed E-state index contributed by atoms with van der Waals surface area (Å²) in [5.41, 5.74) is 13.2. The average molecular weight is 391 g/mol. The maximum atomic E-state index is 6.26. The molecule has 0 spiro atoms. The van der Waals surface area contributed by atoms with E-state index in [2.05, 4.69) is 99.6 Å². The molecular formula is C29H26O. The van der Waals surface area contributed by atoms with Gasteiger partial charge in [-0.1, -0.05) is 66.7 Å². The van der Waals surface area contributed by atoms with E-state index in [1.807, 2.05) is 0 Å². The summed E-state index contributed by atoms with van der Waals surface area (Å²) in [6, 6.07) is 28.2. The van der Waals surface area contributed by atoms with Crippen LogP contribution in [0.15, 0.2) is 78.9 Å². The highest BCUT2D eigenvalue weighted by molar-refractivity contribution is 5.78. The van der Waals surface area contributed by atoms with Gasteiger partial charge in [-0.2, -0.15) is 0 Å². The van der Waals surface area contributed by atoms with Gasteiger partial charge >= 0.3 is 0 Å². The Kier molecular flexibility index (Phi) is 4.67. The number of hydrogen-bond donors (Lipinski definition) is 0. The molecule has 0 radical (unpaired) electrons. The molecule has 1 aliphatic carbocycles. The Hall–Kier alpha value is -3.32. The zero-order valence-corrected chi connectivity index (χ0v) is 17.8. The third-order valence-electron chi connectivity index (χ3n) is 6.36. The van der Waals surface area contributed by atoms with Crippen LogP contribution in [0.25, 0.3) is 22.3 Å². The zero-order chi connectivity index (χ0) is 20.7. The quantitative estimate of drug-likeness (QED) is 0.310. The molecule has 30 heavy (non-hydrogen) atoms. The van der Waals surface area contributed by atoms with Crippen molar-refractivity contribution in [2.24, 2.45) is 0 Å². The molecule has 0 saturated carbocycles. The molecule has 5 rings (SSSR count). The Balaban J connectivity index is 1.42. The van der Waals surface area contributed by atoms with Crippen molar-refractivity contribution >= 4 is 0 Å². The lowest BCUT2D eigenvalue weighted by Crippen LogP contribution is -2.00. The second-order valence-corrected chi connectivity index (χ2v) is 8.30. The third-order valence-corrected chi connectivity index (χ3v) is 6.36. The van der Waals surface area contributed by atoms with Gasteiger partial charge in [-0.25, -0.2) is 0 Å². The maximum absolute atomic E-state index is 6.26. The first-order valence-corrected chi connectivity index (χ1v) is 10.6. The summed E-state index contributed by atoms with van der Waals surface area (Å²) in [5, 5.41) is 0. The smallest absolute Gasteiger partial charge is 0.120 e. The van der Waals surface area contributed by atoms with Gasteiger partial charge in [0.15, 0.2) is 0 Å². The summed E-state index contributed by atoms with van der Waals surface area (Å²) in [5.74, 6) is 0.933. The predicted octanol–water partition coefficient (Wildman–Crippen LogP) is 7.43. The Bertz CT molecular complexity index is 1230. The molecule has 4 aromatic carbocycles. The van der Waals surface area contributed by atoms with Gasteiger partial charge in [0.1, 0.15) is 12.4 Å².